The normalized spacial score (nSPS) is 15.5. The Morgan fingerprint density at radius 1 is 0.629 bits per heavy atom. The van der Waals surface area contributed by atoms with Gasteiger partial charge in [-0.05, 0) is 23.1 Å². The van der Waals surface area contributed by atoms with Gasteiger partial charge in [0.2, 0.25) is 0 Å². The van der Waals surface area contributed by atoms with E-state index in [9.17, 15) is 14.4 Å². The molecule has 1 fully saturated rings. The molecular weight excluding hydrogens is 444 g/mol. The minimum atomic E-state index is -1.54. The number of hydrogen-bond donors (Lipinski definition) is 0. The van der Waals surface area contributed by atoms with E-state index in [-0.39, 0.29) is 33.1 Å². The number of ether oxygens (including phenoxy) is 2. The van der Waals surface area contributed by atoms with Crippen molar-refractivity contribution in [2.24, 2.45) is 0 Å². The predicted octanol–water partition coefficient (Wildman–Crippen LogP) is 4.47. The number of amides is 4. The van der Waals surface area contributed by atoms with Crippen molar-refractivity contribution in [1.29, 1.82) is 0 Å². The van der Waals surface area contributed by atoms with E-state index >= 15 is 0 Å². The first-order valence-corrected chi connectivity index (χ1v) is 11.5. The number of rotatable bonds is 10. The molecule has 4 rings (SSSR count). The zero-order chi connectivity index (χ0) is 24.7. The summed E-state index contributed by atoms with van der Waals surface area (Å²) in [6.45, 7) is 1.67. The van der Waals surface area contributed by atoms with Crippen molar-refractivity contribution in [1.82, 2.24) is 9.80 Å². The van der Waals surface area contributed by atoms with Crippen LogP contribution in [0.2, 0.25) is 0 Å². The summed E-state index contributed by atoms with van der Waals surface area (Å²) in [6, 6.07) is 27.0. The number of carbonyl (C=O) groups is 3. The Balaban J connectivity index is 1.58. The van der Waals surface area contributed by atoms with Gasteiger partial charge in [0.15, 0.2) is 5.41 Å². The standard InChI is InChI=1S/C28H28N2O5/c1-2-28(24-16-10-5-11-17-24)25(31)29(20-34-18-22-12-6-3-7-13-22)27(33)30(26(28)32)21-35-19-23-14-8-4-9-15-23/h3-17H,2,18-21H2,1H3. The van der Waals surface area contributed by atoms with Gasteiger partial charge in [0.05, 0.1) is 13.2 Å². The molecule has 0 saturated carbocycles. The maximum absolute atomic E-state index is 13.7. The van der Waals surface area contributed by atoms with Crippen molar-refractivity contribution in [2.75, 3.05) is 13.5 Å². The van der Waals surface area contributed by atoms with Crippen LogP contribution in [-0.2, 0) is 37.7 Å². The highest BCUT2D eigenvalue weighted by atomic mass is 16.5. The van der Waals surface area contributed by atoms with Crippen LogP contribution in [0.4, 0.5) is 4.79 Å². The minimum Gasteiger partial charge on any atom is -0.356 e. The van der Waals surface area contributed by atoms with Crippen molar-refractivity contribution in [3.05, 3.63) is 108 Å². The van der Waals surface area contributed by atoms with E-state index < -0.39 is 23.3 Å². The van der Waals surface area contributed by atoms with Crippen molar-refractivity contribution >= 4 is 17.8 Å². The quantitative estimate of drug-likeness (QED) is 0.407. The van der Waals surface area contributed by atoms with E-state index in [4.69, 9.17) is 9.47 Å². The molecule has 1 aliphatic rings. The van der Waals surface area contributed by atoms with Crippen molar-refractivity contribution in [2.45, 2.75) is 32.0 Å². The summed E-state index contributed by atoms with van der Waals surface area (Å²) in [5, 5.41) is 0. The topological polar surface area (TPSA) is 76.2 Å². The molecule has 1 aliphatic heterocycles. The summed E-state index contributed by atoms with van der Waals surface area (Å²) in [5.41, 5.74) is 0.814. The monoisotopic (exact) mass is 472 g/mol. The molecule has 0 aliphatic carbocycles. The highest BCUT2D eigenvalue weighted by Gasteiger charge is 2.57. The van der Waals surface area contributed by atoms with Gasteiger partial charge in [-0.25, -0.2) is 14.6 Å². The van der Waals surface area contributed by atoms with Crippen LogP contribution < -0.4 is 0 Å². The number of carbonyl (C=O) groups excluding carboxylic acids is 3. The second kappa shape index (κ2) is 11.1. The summed E-state index contributed by atoms with van der Waals surface area (Å²) < 4.78 is 11.5. The number of imide groups is 2. The van der Waals surface area contributed by atoms with E-state index in [1.165, 1.54) is 0 Å². The van der Waals surface area contributed by atoms with Crippen LogP contribution in [0.15, 0.2) is 91.0 Å². The lowest BCUT2D eigenvalue weighted by molar-refractivity contribution is -0.160. The second-order valence-corrected chi connectivity index (χ2v) is 8.30. The largest absolute Gasteiger partial charge is 0.356 e. The Kier molecular flexibility index (Phi) is 7.70. The third kappa shape index (κ3) is 5.01. The SMILES string of the molecule is CCC1(c2ccccc2)C(=O)N(COCc2ccccc2)C(=O)N(COCc2ccccc2)C1=O. The fourth-order valence-electron chi connectivity index (χ4n) is 4.23. The molecule has 0 unspecified atom stereocenters. The van der Waals surface area contributed by atoms with Crippen molar-refractivity contribution < 1.29 is 23.9 Å². The molecule has 0 N–H and O–H groups in total. The Morgan fingerprint density at radius 2 is 1.03 bits per heavy atom. The minimum absolute atomic E-state index is 0.187. The smallest absolute Gasteiger partial charge is 0.337 e. The highest BCUT2D eigenvalue weighted by Crippen LogP contribution is 2.36. The molecule has 1 heterocycles. The summed E-state index contributed by atoms with van der Waals surface area (Å²) >= 11 is 0. The first-order chi connectivity index (χ1) is 17.1. The Hall–Kier alpha value is -3.81. The zero-order valence-electron chi connectivity index (χ0n) is 19.6. The highest BCUT2D eigenvalue weighted by molar-refractivity contribution is 6.22. The number of hydrogen-bond acceptors (Lipinski definition) is 5. The van der Waals surface area contributed by atoms with Gasteiger partial charge in [0.25, 0.3) is 11.8 Å². The summed E-state index contributed by atoms with van der Waals surface area (Å²) in [5.74, 6) is -1.18. The van der Waals surface area contributed by atoms with Gasteiger partial charge in [-0.15, -0.1) is 0 Å². The molecule has 0 radical (unpaired) electrons. The van der Waals surface area contributed by atoms with Gasteiger partial charge in [0.1, 0.15) is 13.5 Å². The van der Waals surface area contributed by atoms with E-state index in [2.05, 4.69) is 0 Å². The lowest BCUT2D eigenvalue weighted by Crippen LogP contribution is -2.67. The Bertz CT molecular complexity index is 1080. The summed E-state index contributed by atoms with van der Waals surface area (Å²) in [7, 11) is 0. The first kappa shape index (κ1) is 24.3. The molecule has 0 bridgehead atoms. The van der Waals surface area contributed by atoms with Crippen LogP contribution in [0, 0.1) is 0 Å². The van der Waals surface area contributed by atoms with Crippen LogP contribution in [0.5, 0.6) is 0 Å². The van der Waals surface area contributed by atoms with Crippen LogP contribution in [0.3, 0.4) is 0 Å². The molecule has 3 aromatic carbocycles. The van der Waals surface area contributed by atoms with E-state index in [1.54, 1.807) is 31.2 Å². The third-order valence-electron chi connectivity index (χ3n) is 6.14. The molecule has 4 amide bonds. The number of urea groups is 1. The van der Waals surface area contributed by atoms with E-state index in [0.29, 0.717) is 5.56 Å². The fraction of sp³-hybridized carbons (Fsp3) is 0.250. The fourth-order valence-corrected chi connectivity index (χ4v) is 4.23. The Labute approximate surface area is 204 Å². The molecule has 35 heavy (non-hydrogen) atoms. The van der Waals surface area contributed by atoms with Gasteiger partial charge >= 0.3 is 6.03 Å². The van der Waals surface area contributed by atoms with Gasteiger partial charge in [-0.1, -0.05) is 97.9 Å². The van der Waals surface area contributed by atoms with Crippen LogP contribution in [0.25, 0.3) is 0 Å². The molecule has 0 aromatic heterocycles. The van der Waals surface area contributed by atoms with Crippen LogP contribution >= 0.6 is 0 Å². The average Bonchev–Trinajstić information content (AvgIpc) is 2.90. The summed E-state index contributed by atoms with van der Waals surface area (Å²) in [4.78, 5) is 42.8. The maximum atomic E-state index is 13.7. The molecule has 0 spiro atoms. The number of nitrogens with zero attached hydrogens (tertiary/aromatic N) is 2. The predicted molar refractivity (Wildman–Crippen MR) is 130 cm³/mol. The molecule has 0 atom stereocenters. The molecule has 180 valence electrons. The van der Waals surface area contributed by atoms with Gasteiger partial charge in [-0.3, -0.25) is 9.59 Å². The number of barbiturate groups is 1. The van der Waals surface area contributed by atoms with Gasteiger partial charge in [-0.2, -0.15) is 0 Å². The lowest BCUT2D eigenvalue weighted by Gasteiger charge is -2.43. The van der Waals surface area contributed by atoms with Crippen molar-refractivity contribution in [3.8, 4) is 0 Å². The van der Waals surface area contributed by atoms with E-state index in [1.807, 2.05) is 66.7 Å². The van der Waals surface area contributed by atoms with Crippen LogP contribution in [0.1, 0.15) is 30.0 Å². The van der Waals surface area contributed by atoms with Crippen molar-refractivity contribution in [3.63, 3.8) is 0 Å². The molecule has 7 heteroatoms. The molecular formula is C28H28N2O5. The van der Waals surface area contributed by atoms with Gasteiger partial charge < -0.3 is 9.47 Å². The van der Waals surface area contributed by atoms with E-state index in [0.717, 1.165) is 20.9 Å². The average molecular weight is 473 g/mol. The second-order valence-electron chi connectivity index (χ2n) is 8.30. The molecule has 3 aromatic rings. The van der Waals surface area contributed by atoms with Crippen LogP contribution in [-0.4, -0.2) is 41.1 Å². The maximum Gasteiger partial charge on any atom is 0.337 e. The zero-order valence-corrected chi connectivity index (χ0v) is 19.6. The number of benzene rings is 3. The third-order valence-corrected chi connectivity index (χ3v) is 6.14. The molecule has 1 saturated heterocycles. The molecule has 7 nitrogen and oxygen atoms in total. The first-order valence-electron chi connectivity index (χ1n) is 11.5. The summed E-state index contributed by atoms with van der Waals surface area (Å²) in [6.07, 6.45) is 0.187. The lowest BCUT2D eigenvalue weighted by atomic mass is 9.74. The Morgan fingerprint density at radius 3 is 1.43 bits per heavy atom. The van der Waals surface area contributed by atoms with Gasteiger partial charge in [0, 0.05) is 0 Å².